The molecule has 92 valence electrons. The first-order valence-electron chi connectivity index (χ1n) is 5.28. The fraction of sp³-hybridized carbons (Fsp3) is 0.333. The van der Waals surface area contributed by atoms with Crippen molar-refractivity contribution in [1.82, 2.24) is 0 Å². The second-order valence-corrected chi connectivity index (χ2v) is 3.58. The minimum atomic E-state index is -0.987. The molecule has 0 aliphatic rings. The number of hydrogen-bond donors (Lipinski definition) is 2. The number of esters is 1. The lowest BCUT2D eigenvalue weighted by atomic mass is 9.99. The third kappa shape index (κ3) is 3.79. The van der Waals surface area contributed by atoms with Gasteiger partial charge in [0.2, 0.25) is 5.91 Å². The average Bonchev–Trinajstić information content (AvgIpc) is 2.28. The third-order valence-corrected chi connectivity index (χ3v) is 2.29. The summed E-state index contributed by atoms with van der Waals surface area (Å²) in [6.07, 6.45) is 0.175. The van der Waals surface area contributed by atoms with E-state index in [1.54, 1.807) is 19.1 Å². The van der Waals surface area contributed by atoms with Crippen LogP contribution in [0.2, 0.25) is 0 Å². The summed E-state index contributed by atoms with van der Waals surface area (Å²) in [5.74, 6) is -2.19. The van der Waals surface area contributed by atoms with Crippen LogP contribution >= 0.6 is 0 Å². The molecule has 1 aromatic rings. The summed E-state index contributed by atoms with van der Waals surface area (Å²) in [6, 6.07) is 6.23. The Bertz CT molecular complexity index is 399. The van der Waals surface area contributed by atoms with E-state index in [4.69, 9.17) is 15.6 Å². The van der Waals surface area contributed by atoms with E-state index in [-0.39, 0.29) is 18.8 Å². The molecule has 0 aliphatic carbocycles. The van der Waals surface area contributed by atoms with Crippen LogP contribution in [0, 0.1) is 5.92 Å². The van der Waals surface area contributed by atoms with Crippen LogP contribution in [-0.2, 0) is 20.7 Å². The zero-order chi connectivity index (χ0) is 12.8. The van der Waals surface area contributed by atoms with Gasteiger partial charge in [-0.05, 0) is 31.0 Å². The SMILES string of the molecule is CCOC(=O)C(Cc1ccc(O)cc1)C(N)=O. The molecule has 0 saturated heterocycles. The van der Waals surface area contributed by atoms with Crippen LogP contribution in [0.15, 0.2) is 24.3 Å². The van der Waals surface area contributed by atoms with Crippen LogP contribution in [0.5, 0.6) is 5.75 Å². The zero-order valence-corrected chi connectivity index (χ0v) is 9.55. The Balaban J connectivity index is 2.76. The molecule has 3 N–H and O–H groups in total. The molecule has 1 rings (SSSR count). The number of benzene rings is 1. The third-order valence-electron chi connectivity index (χ3n) is 2.29. The van der Waals surface area contributed by atoms with Crippen molar-refractivity contribution in [3.8, 4) is 5.75 Å². The van der Waals surface area contributed by atoms with Gasteiger partial charge in [0.05, 0.1) is 6.61 Å². The van der Waals surface area contributed by atoms with E-state index in [1.807, 2.05) is 0 Å². The Labute approximate surface area is 99.2 Å². The molecule has 1 unspecified atom stereocenters. The zero-order valence-electron chi connectivity index (χ0n) is 9.55. The smallest absolute Gasteiger partial charge is 0.318 e. The minimum Gasteiger partial charge on any atom is -0.508 e. The summed E-state index contributed by atoms with van der Waals surface area (Å²) >= 11 is 0. The van der Waals surface area contributed by atoms with Gasteiger partial charge in [0, 0.05) is 0 Å². The van der Waals surface area contributed by atoms with Gasteiger partial charge in [-0.3, -0.25) is 9.59 Å². The second-order valence-electron chi connectivity index (χ2n) is 3.58. The number of phenols is 1. The quantitative estimate of drug-likeness (QED) is 0.579. The Morgan fingerprint density at radius 2 is 1.94 bits per heavy atom. The molecule has 1 aromatic carbocycles. The van der Waals surface area contributed by atoms with Crippen molar-refractivity contribution in [1.29, 1.82) is 0 Å². The van der Waals surface area contributed by atoms with Gasteiger partial charge in [0.15, 0.2) is 0 Å². The van der Waals surface area contributed by atoms with Crippen molar-refractivity contribution >= 4 is 11.9 Å². The summed E-state index contributed by atoms with van der Waals surface area (Å²) in [5, 5.41) is 9.11. The molecule has 0 spiro atoms. The number of carbonyl (C=O) groups is 2. The van der Waals surface area contributed by atoms with Crippen molar-refractivity contribution in [2.45, 2.75) is 13.3 Å². The molecule has 0 aromatic heterocycles. The van der Waals surface area contributed by atoms with Crippen molar-refractivity contribution < 1.29 is 19.4 Å². The van der Waals surface area contributed by atoms with E-state index >= 15 is 0 Å². The number of nitrogens with two attached hydrogens (primary N) is 1. The van der Waals surface area contributed by atoms with Crippen molar-refractivity contribution in [3.63, 3.8) is 0 Å². The predicted octanol–water partition coefficient (Wildman–Crippen LogP) is 0.599. The van der Waals surface area contributed by atoms with Crippen molar-refractivity contribution in [2.24, 2.45) is 11.7 Å². The maximum atomic E-state index is 11.5. The summed E-state index contributed by atoms with van der Waals surface area (Å²) < 4.78 is 4.77. The van der Waals surface area contributed by atoms with E-state index in [2.05, 4.69) is 0 Å². The molecular formula is C12H15NO4. The molecule has 0 aliphatic heterocycles. The number of ether oxygens (including phenoxy) is 1. The lowest BCUT2D eigenvalue weighted by Gasteiger charge is -2.12. The van der Waals surface area contributed by atoms with Crippen molar-refractivity contribution in [3.05, 3.63) is 29.8 Å². The monoisotopic (exact) mass is 237 g/mol. The van der Waals surface area contributed by atoms with Crippen LogP contribution in [0.3, 0.4) is 0 Å². The van der Waals surface area contributed by atoms with Crippen LogP contribution < -0.4 is 5.73 Å². The first-order valence-corrected chi connectivity index (χ1v) is 5.28. The summed E-state index contributed by atoms with van der Waals surface area (Å²) in [5.41, 5.74) is 5.89. The van der Waals surface area contributed by atoms with Crippen LogP contribution in [0.1, 0.15) is 12.5 Å². The summed E-state index contributed by atoms with van der Waals surface area (Å²) in [7, 11) is 0. The highest BCUT2D eigenvalue weighted by Gasteiger charge is 2.25. The number of aromatic hydroxyl groups is 1. The number of phenolic OH excluding ortho intramolecular Hbond substituents is 1. The van der Waals surface area contributed by atoms with Gasteiger partial charge < -0.3 is 15.6 Å². The second kappa shape index (κ2) is 5.89. The molecule has 1 atom stereocenters. The largest absolute Gasteiger partial charge is 0.508 e. The summed E-state index contributed by atoms with van der Waals surface area (Å²) in [4.78, 5) is 22.6. The molecular weight excluding hydrogens is 222 g/mol. The predicted molar refractivity (Wildman–Crippen MR) is 61.1 cm³/mol. The molecule has 0 radical (unpaired) electrons. The average molecular weight is 237 g/mol. The fourth-order valence-electron chi connectivity index (χ4n) is 1.41. The van der Waals surface area contributed by atoms with E-state index in [1.165, 1.54) is 12.1 Å². The number of hydrogen-bond acceptors (Lipinski definition) is 4. The van der Waals surface area contributed by atoms with Gasteiger partial charge in [-0.15, -0.1) is 0 Å². The van der Waals surface area contributed by atoms with Gasteiger partial charge in [-0.25, -0.2) is 0 Å². The van der Waals surface area contributed by atoms with Crippen molar-refractivity contribution in [2.75, 3.05) is 6.61 Å². The van der Waals surface area contributed by atoms with E-state index < -0.39 is 17.8 Å². The highest BCUT2D eigenvalue weighted by atomic mass is 16.5. The molecule has 0 bridgehead atoms. The van der Waals surface area contributed by atoms with Crippen LogP contribution in [0.4, 0.5) is 0 Å². The molecule has 17 heavy (non-hydrogen) atoms. The topological polar surface area (TPSA) is 89.6 Å². The Morgan fingerprint density at radius 3 is 2.41 bits per heavy atom. The summed E-state index contributed by atoms with van der Waals surface area (Å²) in [6.45, 7) is 1.87. The Hall–Kier alpha value is -2.04. The number of rotatable bonds is 5. The Morgan fingerprint density at radius 1 is 1.35 bits per heavy atom. The standard InChI is InChI=1S/C12H15NO4/c1-2-17-12(16)10(11(13)15)7-8-3-5-9(14)6-4-8/h3-6,10,14H,2,7H2,1H3,(H2,13,15). The van der Waals surface area contributed by atoms with E-state index in [0.717, 1.165) is 5.56 Å². The van der Waals surface area contributed by atoms with Gasteiger partial charge >= 0.3 is 5.97 Å². The highest BCUT2D eigenvalue weighted by Crippen LogP contribution is 2.14. The van der Waals surface area contributed by atoms with Crippen LogP contribution in [0.25, 0.3) is 0 Å². The van der Waals surface area contributed by atoms with E-state index in [0.29, 0.717) is 0 Å². The molecule has 5 nitrogen and oxygen atoms in total. The van der Waals surface area contributed by atoms with Gasteiger partial charge in [-0.1, -0.05) is 12.1 Å². The van der Waals surface area contributed by atoms with Gasteiger partial charge in [-0.2, -0.15) is 0 Å². The Kier molecular flexibility index (Phi) is 4.51. The lowest BCUT2D eigenvalue weighted by Crippen LogP contribution is -2.33. The lowest BCUT2D eigenvalue weighted by molar-refractivity contribution is -0.151. The maximum absolute atomic E-state index is 11.5. The number of amides is 1. The first-order chi connectivity index (χ1) is 8.04. The fourth-order valence-corrected chi connectivity index (χ4v) is 1.41. The van der Waals surface area contributed by atoms with Gasteiger partial charge in [0.1, 0.15) is 11.7 Å². The molecule has 1 amide bonds. The molecule has 0 fully saturated rings. The normalized spacial score (nSPS) is 11.8. The maximum Gasteiger partial charge on any atom is 0.318 e. The van der Waals surface area contributed by atoms with Gasteiger partial charge in [0.25, 0.3) is 0 Å². The molecule has 0 saturated carbocycles. The van der Waals surface area contributed by atoms with E-state index in [9.17, 15) is 9.59 Å². The number of primary amides is 1. The first kappa shape index (κ1) is 13.0. The highest BCUT2D eigenvalue weighted by molar-refractivity contribution is 5.97. The van der Waals surface area contributed by atoms with Crippen LogP contribution in [-0.4, -0.2) is 23.6 Å². The molecule has 5 heteroatoms. The number of carbonyl (C=O) groups excluding carboxylic acids is 2. The molecule has 0 heterocycles. The minimum absolute atomic E-state index is 0.125.